The number of amides is 2. The second kappa shape index (κ2) is 9.01. The van der Waals surface area contributed by atoms with Gasteiger partial charge in [0.25, 0.3) is 0 Å². The number of hydrazone groups is 1. The Balaban J connectivity index is 1.54. The van der Waals surface area contributed by atoms with Crippen molar-refractivity contribution in [1.82, 2.24) is 5.43 Å². The zero-order valence-electron chi connectivity index (χ0n) is 14.9. The smallest absolute Gasteiger partial charge is 0.240 e. The largest absolute Gasteiger partial charge is 0.507 e. The molecular formula is C21H18ClN3O3. The van der Waals surface area contributed by atoms with Gasteiger partial charge in [-0.2, -0.15) is 5.10 Å². The number of carbonyl (C=O) groups is 2. The van der Waals surface area contributed by atoms with E-state index in [1.54, 1.807) is 36.4 Å². The Kier molecular flexibility index (Phi) is 6.24. The number of halogens is 1. The van der Waals surface area contributed by atoms with Crippen LogP contribution in [0.2, 0.25) is 5.02 Å². The third kappa shape index (κ3) is 4.86. The molecule has 3 aromatic rings. The fourth-order valence-electron chi connectivity index (χ4n) is 2.65. The Morgan fingerprint density at radius 3 is 2.50 bits per heavy atom. The first-order valence-electron chi connectivity index (χ1n) is 8.61. The molecule has 7 heteroatoms. The van der Waals surface area contributed by atoms with Crippen LogP contribution < -0.4 is 10.7 Å². The molecule has 3 rings (SSSR count). The van der Waals surface area contributed by atoms with Crippen LogP contribution >= 0.6 is 11.6 Å². The average Bonchev–Trinajstić information content (AvgIpc) is 2.70. The summed E-state index contributed by atoms with van der Waals surface area (Å²) in [7, 11) is 0. The summed E-state index contributed by atoms with van der Waals surface area (Å²) >= 11 is 5.98. The standard InChI is InChI=1S/C21H18ClN3O3/c22-17-7-3-4-8-18(17)24-20(27)11-12-21(28)25-23-13-16-15-6-2-1-5-14(15)9-10-19(16)26/h1-10,13,26H,11-12H2,(H,24,27)(H,25,28)/b23-13+. The third-order valence-corrected chi connectivity index (χ3v) is 4.39. The van der Waals surface area contributed by atoms with Gasteiger partial charge in [0, 0.05) is 18.4 Å². The number of rotatable bonds is 6. The van der Waals surface area contributed by atoms with Crippen molar-refractivity contribution in [3.8, 4) is 5.75 Å². The fourth-order valence-corrected chi connectivity index (χ4v) is 2.83. The van der Waals surface area contributed by atoms with Crippen LogP contribution in [0, 0.1) is 0 Å². The molecule has 0 unspecified atom stereocenters. The molecule has 0 spiro atoms. The summed E-state index contributed by atoms with van der Waals surface area (Å²) in [4.78, 5) is 23.8. The summed E-state index contributed by atoms with van der Waals surface area (Å²) in [6.45, 7) is 0. The lowest BCUT2D eigenvalue weighted by Gasteiger charge is -2.06. The van der Waals surface area contributed by atoms with Gasteiger partial charge >= 0.3 is 0 Å². The van der Waals surface area contributed by atoms with E-state index in [0.717, 1.165) is 10.8 Å². The van der Waals surface area contributed by atoms with Gasteiger partial charge in [-0.05, 0) is 29.0 Å². The number of nitrogens with zero attached hydrogens (tertiary/aromatic N) is 1. The van der Waals surface area contributed by atoms with Crippen molar-refractivity contribution in [1.29, 1.82) is 0 Å². The molecule has 142 valence electrons. The lowest BCUT2D eigenvalue weighted by molar-refractivity contribution is -0.124. The number of anilines is 1. The van der Waals surface area contributed by atoms with E-state index in [1.807, 2.05) is 24.3 Å². The Hall–Kier alpha value is -3.38. The van der Waals surface area contributed by atoms with E-state index < -0.39 is 5.91 Å². The quantitative estimate of drug-likeness (QED) is 0.434. The summed E-state index contributed by atoms with van der Waals surface area (Å²) in [6, 6.07) is 17.8. The van der Waals surface area contributed by atoms with E-state index in [1.165, 1.54) is 6.21 Å². The van der Waals surface area contributed by atoms with Gasteiger partial charge in [0.05, 0.1) is 16.9 Å². The maximum absolute atomic E-state index is 11.9. The first-order chi connectivity index (χ1) is 13.5. The van der Waals surface area contributed by atoms with E-state index in [-0.39, 0.29) is 24.5 Å². The third-order valence-electron chi connectivity index (χ3n) is 4.06. The van der Waals surface area contributed by atoms with Gasteiger partial charge in [-0.1, -0.05) is 54.1 Å². The molecule has 0 aliphatic rings. The average molecular weight is 396 g/mol. The van der Waals surface area contributed by atoms with Gasteiger partial charge in [0.2, 0.25) is 11.8 Å². The predicted molar refractivity (Wildman–Crippen MR) is 111 cm³/mol. The number of phenols is 1. The minimum atomic E-state index is -0.412. The number of fused-ring (bicyclic) bond motifs is 1. The van der Waals surface area contributed by atoms with E-state index in [0.29, 0.717) is 16.3 Å². The Morgan fingerprint density at radius 1 is 0.964 bits per heavy atom. The highest BCUT2D eigenvalue weighted by atomic mass is 35.5. The SMILES string of the molecule is O=C(CCC(=O)Nc1ccccc1Cl)N/N=C/c1c(O)ccc2ccccc12. The maximum Gasteiger partial charge on any atom is 0.240 e. The summed E-state index contributed by atoms with van der Waals surface area (Å²) in [5, 5.41) is 18.8. The molecule has 0 fully saturated rings. The Morgan fingerprint density at radius 2 is 1.68 bits per heavy atom. The molecule has 2 amide bonds. The van der Waals surface area contributed by atoms with Crippen LogP contribution in [0.5, 0.6) is 5.75 Å². The molecular weight excluding hydrogens is 378 g/mol. The Bertz CT molecular complexity index is 1050. The van der Waals surface area contributed by atoms with Gasteiger partial charge in [0.1, 0.15) is 5.75 Å². The normalized spacial score (nSPS) is 10.9. The zero-order chi connectivity index (χ0) is 19.9. The topological polar surface area (TPSA) is 90.8 Å². The van der Waals surface area contributed by atoms with Gasteiger partial charge in [-0.3, -0.25) is 9.59 Å². The van der Waals surface area contributed by atoms with Gasteiger partial charge in [-0.25, -0.2) is 5.43 Å². The van der Waals surface area contributed by atoms with Crippen LogP contribution in [0.15, 0.2) is 65.8 Å². The van der Waals surface area contributed by atoms with Gasteiger partial charge in [-0.15, -0.1) is 0 Å². The van der Waals surface area contributed by atoms with Crippen LogP contribution in [0.1, 0.15) is 18.4 Å². The minimum absolute atomic E-state index is 0.00784. The van der Waals surface area contributed by atoms with E-state index in [2.05, 4.69) is 15.8 Å². The van der Waals surface area contributed by atoms with Crippen LogP contribution in [-0.4, -0.2) is 23.1 Å². The van der Waals surface area contributed by atoms with Crippen molar-refractivity contribution in [3.63, 3.8) is 0 Å². The molecule has 0 heterocycles. The molecule has 28 heavy (non-hydrogen) atoms. The van der Waals surface area contributed by atoms with Crippen molar-refractivity contribution in [2.24, 2.45) is 5.10 Å². The van der Waals surface area contributed by atoms with Crippen molar-refractivity contribution >= 4 is 46.1 Å². The number of benzene rings is 3. The highest BCUT2D eigenvalue weighted by molar-refractivity contribution is 6.33. The summed E-state index contributed by atoms with van der Waals surface area (Å²) in [5.41, 5.74) is 3.38. The second-order valence-electron chi connectivity index (χ2n) is 6.04. The predicted octanol–water partition coefficient (Wildman–Crippen LogP) is 4.07. The number of para-hydroxylation sites is 1. The number of carbonyl (C=O) groups excluding carboxylic acids is 2. The van der Waals surface area contributed by atoms with Crippen molar-refractivity contribution in [2.45, 2.75) is 12.8 Å². The van der Waals surface area contributed by atoms with Crippen LogP contribution in [0.4, 0.5) is 5.69 Å². The molecule has 0 radical (unpaired) electrons. The molecule has 3 N–H and O–H groups in total. The first-order valence-corrected chi connectivity index (χ1v) is 8.99. The molecule has 3 aromatic carbocycles. The number of hydrogen-bond acceptors (Lipinski definition) is 4. The fraction of sp³-hybridized carbons (Fsp3) is 0.0952. The summed E-state index contributed by atoms with van der Waals surface area (Å²) < 4.78 is 0. The number of phenolic OH excluding ortho intramolecular Hbond substituents is 1. The van der Waals surface area contributed by atoms with E-state index in [4.69, 9.17) is 11.6 Å². The molecule has 0 saturated heterocycles. The van der Waals surface area contributed by atoms with Crippen LogP contribution in [-0.2, 0) is 9.59 Å². The minimum Gasteiger partial charge on any atom is -0.507 e. The van der Waals surface area contributed by atoms with Crippen molar-refractivity contribution in [3.05, 3.63) is 71.2 Å². The molecule has 0 aromatic heterocycles. The lowest BCUT2D eigenvalue weighted by Crippen LogP contribution is -2.20. The van der Waals surface area contributed by atoms with Gasteiger partial charge < -0.3 is 10.4 Å². The second-order valence-corrected chi connectivity index (χ2v) is 6.45. The maximum atomic E-state index is 11.9. The monoisotopic (exact) mass is 395 g/mol. The number of hydrogen-bond donors (Lipinski definition) is 3. The Labute approximate surface area is 166 Å². The van der Waals surface area contributed by atoms with Crippen LogP contribution in [0.25, 0.3) is 10.8 Å². The zero-order valence-corrected chi connectivity index (χ0v) is 15.6. The molecule has 0 aliphatic carbocycles. The lowest BCUT2D eigenvalue weighted by atomic mass is 10.0. The molecule has 0 saturated carbocycles. The summed E-state index contributed by atoms with van der Waals surface area (Å²) in [6.07, 6.45) is 1.35. The molecule has 6 nitrogen and oxygen atoms in total. The first kappa shape index (κ1) is 19.4. The van der Waals surface area contributed by atoms with Crippen molar-refractivity contribution < 1.29 is 14.7 Å². The highest BCUT2D eigenvalue weighted by Crippen LogP contribution is 2.25. The number of nitrogens with one attached hydrogen (secondary N) is 2. The highest BCUT2D eigenvalue weighted by Gasteiger charge is 2.09. The van der Waals surface area contributed by atoms with Crippen molar-refractivity contribution in [2.75, 3.05) is 5.32 Å². The van der Waals surface area contributed by atoms with E-state index >= 15 is 0 Å². The molecule has 0 atom stereocenters. The number of aromatic hydroxyl groups is 1. The van der Waals surface area contributed by atoms with E-state index in [9.17, 15) is 14.7 Å². The van der Waals surface area contributed by atoms with Gasteiger partial charge in [0.15, 0.2) is 0 Å². The molecule has 0 aliphatic heterocycles. The molecule has 0 bridgehead atoms. The summed E-state index contributed by atoms with van der Waals surface area (Å²) in [5.74, 6) is -0.667. The van der Waals surface area contributed by atoms with Crippen LogP contribution in [0.3, 0.4) is 0 Å².